The van der Waals surface area contributed by atoms with Gasteiger partial charge in [0.05, 0.1) is 0 Å². The minimum atomic E-state index is -0.693. The van der Waals surface area contributed by atoms with Crippen LogP contribution < -0.4 is 5.32 Å². The fourth-order valence-electron chi connectivity index (χ4n) is 2.80. The topological polar surface area (TPSA) is 46.2 Å². The molecule has 3 nitrogen and oxygen atoms in total. The van der Waals surface area contributed by atoms with Gasteiger partial charge in [-0.1, -0.05) is 44.2 Å². The summed E-state index contributed by atoms with van der Waals surface area (Å²) in [5, 5.41) is 2.86. The van der Waals surface area contributed by atoms with E-state index in [9.17, 15) is 14.0 Å². The highest BCUT2D eigenvalue weighted by Gasteiger charge is 2.30. The van der Waals surface area contributed by atoms with Crippen LogP contribution in [0.3, 0.4) is 0 Å². The Morgan fingerprint density at radius 2 is 1.82 bits per heavy atom. The van der Waals surface area contributed by atoms with Gasteiger partial charge in [0.2, 0.25) is 5.91 Å². The second kappa shape index (κ2) is 7.03. The van der Waals surface area contributed by atoms with Crippen molar-refractivity contribution < 1.29 is 14.0 Å². The first-order valence-corrected chi connectivity index (χ1v) is 7.85. The third-order valence-electron chi connectivity index (χ3n) is 4.14. The molecule has 0 heterocycles. The molecule has 0 aromatic heterocycles. The Balaban J connectivity index is 1.77. The molecule has 0 spiro atoms. The van der Waals surface area contributed by atoms with Gasteiger partial charge in [-0.25, -0.2) is 4.39 Å². The average Bonchev–Trinajstić information content (AvgIpc) is 2.42. The van der Waals surface area contributed by atoms with E-state index in [-0.39, 0.29) is 23.0 Å². The largest absolute Gasteiger partial charge is 0.356 e. The zero-order valence-corrected chi connectivity index (χ0v) is 13.3. The van der Waals surface area contributed by atoms with Crippen LogP contribution in [0.15, 0.2) is 30.3 Å². The maximum Gasteiger partial charge on any atom is 0.220 e. The highest BCUT2D eigenvalue weighted by molar-refractivity contribution is 5.96. The smallest absolute Gasteiger partial charge is 0.220 e. The molecule has 0 radical (unpaired) electrons. The molecule has 0 saturated heterocycles. The molecule has 1 saturated carbocycles. The number of alkyl halides is 1. The number of carbonyl (C=O) groups is 2. The van der Waals surface area contributed by atoms with Gasteiger partial charge in [-0.15, -0.1) is 0 Å². The molecule has 22 heavy (non-hydrogen) atoms. The first-order valence-electron chi connectivity index (χ1n) is 7.85. The van der Waals surface area contributed by atoms with Crippen LogP contribution in [0.2, 0.25) is 0 Å². The van der Waals surface area contributed by atoms with Crippen molar-refractivity contribution in [3.8, 4) is 0 Å². The van der Waals surface area contributed by atoms with Gasteiger partial charge in [0, 0.05) is 24.9 Å². The quantitative estimate of drug-likeness (QED) is 0.783. The van der Waals surface area contributed by atoms with E-state index in [2.05, 4.69) is 5.32 Å². The molecular weight excluding hydrogens is 281 g/mol. The van der Waals surface area contributed by atoms with Gasteiger partial charge in [0.25, 0.3) is 0 Å². The van der Waals surface area contributed by atoms with Crippen molar-refractivity contribution in [2.75, 3.05) is 6.54 Å². The van der Waals surface area contributed by atoms with E-state index in [1.165, 1.54) is 0 Å². The molecule has 1 aromatic rings. The van der Waals surface area contributed by atoms with Crippen LogP contribution in [0.4, 0.5) is 4.39 Å². The number of benzene rings is 1. The SMILES string of the molecule is CC(C)(CC(=O)NCC1CC(F)C1)CC(=O)c1ccccc1. The summed E-state index contributed by atoms with van der Waals surface area (Å²) in [6.07, 6.45) is 1.05. The standard InChI is InChI=1S/C18H24FNO2/c1-18(2,10-16(21)14-6-4-3-5-7-14)11-17(22)20-12-13-8-15(19)9-13/h3-7,13,15H,8-12H2,1-2H3,(H,20,22). The Kier molecular flexibility index (Phi) is 5.33. The Bertz CT molecular complexity index is 521. The van der Waals surface area contributed by atoms with Gasteiger partial charge in [0.15, 0.2) is 5.78 Å². The molecule has 1 fully saturated rings. The molecule has 0 bridgehead atoms. The minimum Gasteiger partial charge on any atom is -0.356 e. The zero-order valence-electron chi connectivity index (χ0n) is 13.3. The molecule has 1 aromatic carbocycles. The monoisotopic (exact) mass is 305 g/mol. The third kappa shape index (κ3) is 4.93. The zero-order chi connectivity index (χ0) is 16.2. The van der Waals surface area contributed by atoms with Crippen LogP contribution in [-0.2, 0) is 4.79 Å². The first kappa shape index (κ1) is 16.7. The predicted molar refractivity (Wildman–Crippen MR) is 84.4 cm³/mol. The minimum absolute atomic E-state index is 0.0534. The molecule has 0 atom stereocenters. The van der Waals surface area contributed by atoms with Gasteiger partial charge in [-0.3, -0.25) is 9.59 Å². The molecule has 2 rings (SSSR count). The van der Waals surface area contributed by atoms with Gasteiger partial charge in [-0.05, 0) is 24.2 Å². The summed E-state index contributed by atoms with van der Waals surface area (Å²) >= 11 is 0. The summed E-state index contributed by atoms with van der Waals surface area (Å²) in [4.78, 5) is 24.2. The van der Waals surface area contributed by atoms with E-state index >= 15 is 0 Å². The molecule has 1 aliphatic carbocycles. The number of hydrogen-bond acceptors (Lipinski definition) is 2. The fraction of sp³-hybridized carbons (Fsp3) is 0.556. The number of ketones is 1. The Morgan fingerprint density at radius 3 is 2.41 bits per heavy atom. The van der Waals surface area contributed by atoms with Gasteiger partial charge in [-0.2, -0.15) is 0 Å². The lowest BCUT2D eigenvalue weighted by atomic mass is 9.81. The van der Waals surface area contributed by atoms with Crippen LogP contribution in [0, 0.1) is 11.3 Å². The summed E-state index contributed by atoms with van der Waals surface area (Å²) < 4.78 is 12.7. The number of amides is 1. The second-order valence-corrected chi connectivity index (χ2v) is 7.05. The lowest BCUT2D eigenvalue weighted by Gasteiger charge is -2.30. The Morgan fingerprint density at radius 1 is 1.18 bits per heavy atom. The average molecular weight is 305 g/mol. The number of carbonyl (C=O) groups excluding carboxylic acids is 2. The van der Waals surface area contributed by atoms with Crippen molar-refractivity contribution >= 4 is 11.7 Å². The summed E-state index contributed by atoms with van der Waals surface area (Å²) in [6.45, 7) is 4.39. The van der Waals surface area contributed by atoms with E-state index in [1.54, 1.807) is 12.1 Å². The van der Waals surface area contributed by atoms with Crippen LogP contribution in [-0.4, -0.2) is 24.4 Å². The Labute approximate surface area is 131 Å². The molecule has 0 aliphatic heterocycles. The molecule has 1 amide bonds. The predicted octanol–water partition coefficient (Wildman–Crippen LogP) is 3.54. The number of rotatable bonds is 7. The number of Topliss-reactive ketones (excluding diaryl/α,β-unsaturated/α-hetero) is 1. The fourth-order valence-corrected chi connectivity index (χ4v) is 2.80. The maximum absolute atomic E-state index is 12.7. The molecule has 0 unspecified atom stereocenters. The molecule has 1 aliphatic rings. The number of halogens is 1. The molecular formula is C18H24FNO2. The molecule has 120 valence electrons. The second-order valence-electron chi connectivity index (χ2n) is 7.05. The van der Waals surface area contributed by atoms with Gasteiger partial charge >= 0.3 is 0 Å². The van der Waals surface area contributed by atoms with Crippen molar-refractivity contribution in [2.45, 2.75) is 45.7 Å². The van der Waals surface area contributed by atoms with Crippen molar-refractivity contribution in [3.63, 3.8) is 0 Å². The summed E-state index contributed by atoms with van der Waals surface area (Å²) in [7, 11) is 0. The summed E-state index contributed by atoms with van der Waals surface area (Å²) in [5.41, 5.74) is 0.290. The van der Waals surface area contributed by atoms with E-state index in [0.29, 0.717) is 37.8 Å². The van der Waals surface area contributed by atoms with Crippen LogP contribution in [0.1, 0.15) is 49.9 Å². The highest BCUT2D eigenvalue weighted by Crippen LogP contribution is 2.30. The maximum atomic E-state index is 12.7. The van der Waals surface area contributed by atoms with E-state index in [0.717, 1.165) is 0 Å². The molecule has 4 heteroatoms. The van der Waals surface area contributed by atoms with Crippen molar-refractivity contribution in [2.24, 2.45) is 11.3 Å². The number of nitrogens with one attached hydrogen (secondary N) is 1. The Hall–Kier alpha value is -1.71. The normalized spacial score (nSPS) is 21.0. The van der Waals surface area contributed by atoms with Crippen molar-refractivity contribution in [3.05, 3.63) is 35.9 Å². The van der Waals surface area contributed by atoms with E-state index < -0.39 is 6.17 Å². The van der Waals surface area contributed by atoms with E-state index in [4.69, 9.17) is 0 Å². The summed E-state index contributed by atoms with van der Waals surface area (Å²) in [5.74, 6) is 0.263. The van der Waals surface area contributed by atoms with Crippen LogP contribution in [0.25, 0.3) is 0 Å². The van der Waals surface area contributed by atoms with E-state index in [1.807, 2.05) is 32.0 Å². The van der Waals surface area contributed by atoms with Crippen molar-refractivity contribution in [1.29, 1.82) is 0 Å². The van der Waals surface area contributed by atoms with Crippen LogP contribution in [0.5, 0.6) is 0 Å². The van der Waals surface area contributed by atoms with Gasteiger partial charge < -0.3 is 5.32 Å². The van der Waals surface area contributed by atoms with Gasteiger partial charge in [0.1, 0.15) is 6.17 Å². The summed E-state index contributed by atoms with van der Waals surface area (Å²) in [6, 6.07) is 9.14. The lowest BCUT2D eigenvalue weighted by Crippen LogP contribution is -2.38. The third-order valence-corrected chi connectivity index (χ3v) is 4.14. The number of hydrogen-bond donors (Lipinski definition) is 1. The van der Waals surface area contributed by atoms with Crippen LogP contribution >= 0.6 is 0 Å². The molecule has 1 N–H and O–H groups in total. The highest BCUT2D eigenvalue weighted by atomic mass is 19.1. The van der Waals surface area contributed by atoms with Crippen molar-refractivity contribution in [1.82, 2.24) is 5.32 Å². The lowest BCUT2D eigenvalue weighted by molar-refractivity contribution is -0.123. The first-order chi connectivity index (χ1) is 10.4.